The predicted octanol–water partition coefficient (Wildman–Crippen LogP) is 2.23. The molecule has 0 aromatic carbocycles. The van der Waals surface area contributed by atoms with Crippen molar-refractivity contribution in [2.24, 2.45) is 5.92 Å². The van der Waals surface area contributed by atoms with Crippen molar-refractivity contribution in [2.75, 3.05) is 5.32 Å². The SMILES string of the molecule is CC(C)(C)c1cnc(NC(=O)[C@H]2C[C@H](NC#N)C2)s1. The minimum absolute atomic E-state index is 0.00537. The van der Waals surface area contributed by atoms with Crippen LogP contribution in [0.5, 0.6) is 0 Å². The Morgan fingerprint density at radius 3 is 2.74 bits per heavy atom. The molecule has 1 amide bonds. The van der Waals surface area contributed by atoms with E-state index in [1.54, 1.807) is 0 Å². The normalized spacial score (nSPS) is 22.2. The number of hydrogen-bond acceptors (Lipinski definition) is 5. The zero-order chi connectivity index (χ0) is 14.0. The van der Waals surface area contributed by atoms with Crippen LogP contribution in [0.25, 0.3) is 0 Å². The Balaban J connectivity index is 1.87. The number of nitrogens with one attached hydrogen (secondary N) is 2. The van der Waals surface area contributed by atoms with E-state index in [9.17, 15) is 4.79 Å². The monoisotopic (exact) mass is 278 g/mol. The van der Waals surface area contributed by atoms with Gasteiger partial charge in [0.1, 0.15) is 0 Å². The number of rotatable bonds is 3. The molecule has 0 saturated heterocycles. The average Bonchev–Trinajstić information content (AvgIpc) is 2.70. The van der Waals surface area contributed by atoms with Gasteiger partial charge in [0.25, 0.3) is 0 Å². The van der Waals surface area contributed by atoms with Gasteiger partial charge in [0.2, 0.25) is 5.91 Å². The molecule has 1 saturated carbocycles. The zero-order valence-corrected chi connectivity index (χ0v) is 12.2. The first kappa shape index (κ1) is 13.8. The molecule has 102 valence electrons. The zero-order valence-electron chi connectivity index (χ0n) is 11.4. The van der Waals surface area contributed by atoms with Crippen molar-refractivity contribution < 1.29 is 4.79 Å². The molecule has 2 rings (SSSR count). The second-order valence-electron chi connectivity index (χ2n) is 5.89. The van der Waals surface area contributed by atoms with Gasteiger partial charge < -0.3 is 10.6 Å². The van der Waals surface area contributed by atoms with Crippen LogP contribution >= 0.6 is 11.3 Å². The van der Waals surface area contributed by atoms with Crippen LogP contribution in [0, 0.1) is 17.4 Å². The van der Waals surface area contributed by atoms with E-state index in [1.165, 1.54) is 11.3 Å². The first-order valence-electron chi connectivity index (χ1n) is 6.32. The quantitative estimate of drug-likeness (QED) is 0.656. The summed E-state index contributed by atoms with van der Waals surface area (Å²) in [7, 11) is 0. The van der Waals surface area contributed by atoms with Gasteiger partial charge in [0.15, 0.2) is 11.3 Å². The van der Waals surface area contributed by atoms with Crippen LogP contribution in [0.2, 0.25) is 0 Å². The van der Waals surface area contributed by atoms with Crippen LogP contribution in [0.1, 0.15) is 38.5 Å². The molecule has 1 aromatic heterocycles. The lowest BCUT2D eigenvalue weighted by Crippen LogP contribution is -2.44. The van der Waals surface area contributed by atoms with Gasteiger partial charge in [-0.3, -0.25) is 4.79 Å². The van der Waals surface area contributed by atoms with Gasteiger partial charge >= 0.3 is 0 Å². The van der Waals surface area contributed by atoms with E-state index < -0.39 is 0 Å². The van der Waals surface area contributed by atoms with Gasteiger partial charge in [0, 0.05) is 23.0 Å². The molecule has 0 spiro atoms. The van der Waals surface area contributed by atoms with Crippen molar-refractivity contribution in [2.45, 2.75) is 45.1 Å². The third-order valence-electron chi connectivity index (χ3n) is 3.25. The molecule has 1 aliphatic rings. The van der Waals surface area contributed by atoms with Gasteiger partial charge in [-0.2, -0.15) is 5.26 Å². The number of carbonyl (C=O) groups is 1. The van der Waals surface area contributed by atoms with Crippen molar-refractivity contribution in [3.63, 3.8) is 0 Å². The number of carbonyl (C=O) groups excluding carboxylic acids is 1. The highest BCUT2D eigenvalue weighted by Crippen LogP contribution is 2.32. The number of thiazole rings is 1. The smallest absolute Gasteiger partial charge is 0.229 e. The fourth-order valence-corrected chi connectivity index (χ4v) is 2.80. The Labute approximate surface area is 117 Å². The van der Waals surface area contributed by atoms with E-state index in [2.05, 4.69) is 36.4 Å². The molecule has 1 aromatic rings. The summed E-state index contributed by atoms with van der Waals surface area (Å²) in [4.78, 5) is 17.3. The van der Waals surface area contributed by atoms with E-state index >= 15 is 0 Å². The molecular formula is C13H18N4OS. The first-order chi connectivity index (χ1) is 8.90. The Morgan fingerprint density at radius 1 is 1.53 bits per heavy atom. The van der Waals surface area contributed by atoms with Gasteiger partial charge in [-0.1, -0.05) is 20.8 Å². The highest BCUT2D eigenvalue weighted by Gasteiger charge is 2.34. The van der Waals surface area contributed by atoms with Crippen molar-refractivity contribution in [1.29, 1.82) is 5.26 Å². The van der Waals surface area contributed by atoms with Crippen molar-refractivity contribution in [3.05, 3.63) is 11.1 Å². The van der Waals surface area contributed by atoms with E-state index in [4.69, 9.17) is 5.26 Å². The molecule has 0 radical (unpaired) electrons. The molecular weight excluding hydrogens is 260 g/mol. The lowest BCUT2D eigenvalue weighted by atomic mass is 9.80. The topological polar surface area (TPSA) is 77.8 Å². The highest BCUT2D eigenvalue weighted by molar-refractivity contribution is 7.15. The van der Waals surface area contributed by atoms with Crippen LogP contribution in [0.3, 0.4) is 0 Å². The number of nitriles is 1. The Morgan fingerprint density at radius 2 is 2.21 bits per heavy atom. The summed E-state index contributed by atoms with van der Waals surface area (Å²) < 4.78 is 0. The Bertz CT molecular complexity index is 505. The van der Waals surface area contributed by atoms with Crippen LogP contribution in [-0.2, 0) is 10.2 Å². The lowest BCUT2D eigenvalue weighted by Gasteiger charge is -2.32. The van der Waals surface area contributed by atoms with Gasteiger partial charge in [0.05, 0.1) is 0 Å². The summed E-state index contributed by atoms with van der Waals surface area (Å²) in [6, 6.07) is 0.155. The Hall–Kier alpha value is -1.61. The largest absolute Gasteiger partial charge is 0.321 e. The molecule has 19 heavy (non-hydrogen) atoms. The van der Waals surface area contributed by atoms with Crippen LogP contribution in [0.4, 0.5) is 5.13 Å². The maximum Gasteiger partial charge on any atom is 0.229 e. The molecule has 0 unspecified atom stereocenters. The van der Waals surface area contributed by atoms with E-state index in [0.717, 1.165) is 17.7 Å². The average molecular weight is 278 g/mol. The van der Waals surface area contributed by atoms with Gasteiger partial charge in [-0.05, 0) is 18.3 Å². The molecule has 5 nitrogen and oxygen atoms in total. The number of amides is 1. The molecule has 1 fully saturated rings. The second kappa shape index (κ2) is 5.17. The number of anilines is 1. The summed E-state index contributed by atoms with van der Waals surface area (Å²) >= 11 is 1.52. The number of hydrogen-bond donors (Lipinski definition) is 2. The number of nitrogens with zero attached hydrogens (tertiary/aromatic N) is 2. The predicted molar refractivity (Wildman–Crippen MR) is 74.7 cm³/mol. The van der Waals surface area contributed by atoms with Gasteiger partial charge in [-0.15, -0.1) is 11.3 Å². The van der Waals surface area contributed by atoms with Crippen molar-refractivity contribution in [3.8, 4) is 6.19 Å². The summed E-state index contributed by atoms with van der Waals surface area (Å²) in [5.74, 6) is -0.00126. The molecule has 1 heterocycles. The molecule has 2 N–H and O–H groups in total. The van der Waals surface area contributed by atoms with Crippen molar-refractivity contribution >= 4 is 22.4 Å². The Kier molecular flexibility index (Phi) is 3.76. The molecule has 0 bridgehead atoms. The fraction of sp³-hybridized carbons (Fsp3) is 0.615. The summed E-state index contributed by atoms with van der Waals surface area (Å²) in [5, 5.41) is 14.7. The lowest BCUT2D eigenvalue weighted by molar-refractivity contribution is -0.122. The second-order valence-corrected chi connectivity index (χ2v) is 6.92. The van der Waals surface area contributed by atoms with Crippen LogP contribution < -0.4 is 10.6 Å². The molecule has 0 atom stereocenters. The van der Waals surface area contributed by atoms with E-state index in [1.807, 2.05) is 12.4 Å². The standard InChI is InChI=1S/C13H18N4OS/c1-13(2,3)10-6-15-12(19-10)17-11(18)8-4-9(5-8)16-7-14/h6,8-9,16H,4-5H2,1-3H3,(H,15,17,18)/t8-,9-. The highest BCUT2D eigenvalue weighted by atomic mass is 32.1. The fourth-order valence-electron chi connectivity index (χ4n) is 1.93. The van der Waals surface area contributed by atoms with E-state index in [0.29, 0.717) is 5.13 Å². The number of aromatic nitrogens is 1. The molecule has 6 heteroatoms. The maximum atomic E-state index is 11.9. The maximum absolute atomic E-state index is 11.9. The minimum Gasteiger partial charge on any atom is -0.321 e. The third-order valence-corrected chi connectivity index (χ3v) is 4.59. The minimum atomic E-state index is -0.00663. The first-order valence-corrected chi connectivity index (χ1v) is 7.13. The van der Waals surface area contributed by atoms with Crippen molar-refractivity contribution in [1.82, 2.24) is 10.3 Å². The molecule has 0 aliphatic heterocycles. The third kappa shape index (κ3) is 3.24. The van der Waals surface area contributed by atoms with Crippen LogP contribution in [-0.4, -0.2) is 16.9 Å². The van der Waals surface area contributed by atoms with Gasteiger partial charge in [-0.25, -0.2) is 4.98 Å². The summed E-state index contributed by atoms with van der Waals surface area (Å²) in [6.07, 6.45) is 5.17. The van der Waals surface area contributed by atoms with E-state index in [-0.39, 0.29) is 23.3 Å². The molecule has 1 aliphatic carbocycles. The summed E-state index contributed by atoms with van der Waals surface area (Å²) in [6.45, 7) is 6.36. The van der Waals surface area contributed by atoms with Crippen LogP contribution in [0.15, 0.2) is 6.20 Å². The summed E-state index contributed by atoms with van der Waals surface area (Å²) in [5.41, 5.74) is 0.0545.